The van der Waals surface area contributed by atoms with Crippen molar-refractivity contribution >= 4 is 10.9 Å². The molecule has 1 saturated heterocycles. The first kappa shape index (κ1) is 13.4. The quantitative estimate of drug-likeness (QED) is 0.930. The molecule has 0 bridgehead atoms. The molecule has 0 spiro atoms. The van der Waals surface area contributed by atoms with E-state index in [-0.39, 0.29) is 5.43 Å². The molecule has 20 heavy (non-hydrogen) atoms. The number of hydrogen-bond acceptors (Lipinski definition) is 2. The summed E-state index contributed by atoms with van der Waals surface area (Å²) < 4.78 is 0. The normalized spacial score (nSPS) is 16.1. The Bertz CT molecular complexity index is 681. The van der Waals surface area contributed by atoms with Gasteiger partial charge in [0.05, 0.1) is 5.52 Å². The third-order valence-corrected chi connectivity index (χ3v) is 4.40. The van der Waals surface area contributed by atoms with Gasteiger partial charge in [0.2, 0.25) is 0 Å². The lowest BCUT2D eigenvalue weighted by atomic mass is 10.0. The first-order valence-corrected chi connectivity index (χ1v) is 7.56. The van der Waals surface area contributed by atoms with Crippen molar-refractivity contribution in [3.8, 4) is 0 Å². The van der Waals surface area contributed by atoms with E-state index in [2.05, 4.69) is 22.9 Å². The summed E-state index contributed by atoms with van der Waals surface area (Å²) in [7, 11) is 0. The predicted molar refractivity (Wildman–Crippen MR) is 83.2 cm³/mol. The number of aromatic amines is 1. The van der Waals surface area contributed by atoms with Crippen molar-refractivity contribution in [2.45, 2.75) is 39.7 Å². The second kappa shape index (κ2) is 5.41. The zero-order chi connectivity index (χ0) is 14.1. The maximum Gasteiger partial charge on any atom is 0.194 e. The van der Waals surface area contributed by atoms with Crippen molar-refractivity contribution in [2.24, 2.45) is 0 Å². The zero-order valence-corrected chi connectivity index (χ0v) is 12.3. The molecule has 0 atom stereocenters. The lowest BCUT2D eigenvalue weighted by molar-refractivity contribution is 0.329. The number of rotatable bonds is 3. The van der Waals surface area contributed by atoms with Gasteiger partial charge in [-0.05, 0) is 50.9 Å². The number of hydrogen-bond donors (Lipinski definition) is 1. The molecule has 3 heteroatoms. The van der Waals surface area contributed by atoms with Crippen LogP contribution in [0, 0.1) is 6.92 Å². The van der Waals surface area contributed by atoms with Crippen LogP contribution >= 0.6 is 0 Å². The number of pyridine rings is 1. The van der Waals surface area contributed by atoms with Gasteiger partial charge in [-0.15, -0.1) is 0 Å². The number of para-hydroxylation sites is 1. The van der Waals surface area contributed by atoms with Crippen LogP contribution < -0.4 is 5.43 Å². The highest BCUT2D eigenvalue weighted by molar-refractivity contribution is 5.82. The lowest BCUT2D eigenvalue weighted by Gasteiger charge is -2.17. The number of H-pyrrole nitrogens is 1. The molecule has 0 unspecified atom stereocenters. The number of aromatic nitrogens is 1. The average Bonchev–Trinajstić information content (AvgIpc) is 2.96. The minimum atomic E-state index is 0.207. The number of likely N-dealkylation sites (tertiary alicyclic amines) is 1. The molecule has 1 aromatic heterocycles. The fourth-order valence-electron chi connectivity index (χ4n) is 3.18. The van der Waals surface area contributed by atoms with Crippen molar-refractivity contribution in [2.75, 3.05) is 13.1 Å². The summed E-state index contributed by atoms with van der Waals surface area (Å²) in [6.45, 7) is 7.17. The van der Waals surface area contributed by atoms with Crippen molar-refractivity contribution in [1.82, 2.24) is 9.88 Å². The van der Waals surface area contributed by atoms with Crippen LogP contribution in [0.4, 0.5) is 0 Å². The van der Waals surface area contributed by atoms with Gasteiger partial charge in [0.15, 0.2) is 5.43 Å². The molecular weight excluding hydrogens is 248 g/mol. The zero-order valence-electron chi connectivity index (χ0n) is 12.3. The van der Waals surface area contributed by atoms with Crippen LogP contribution in [-0.2, 0) is 13.0 Å². The van der Waals surface area contributed by atoms with Gasteiger partial charge in [0, 0.05) is 23.2 Å². The summed E-state index contributed by atoms with van der Waals surface area (Å²) in [5.74, 6) is 0. The number of nitrogens with zero attached hydrogens (tertiary/aromatic N) is 1. The maximum absolute atomic E-state index is 12.8. The van der Waals surface area contributed by atoms with Gasteiger partial charge in [-0.1, -0.05) is 19.1 Å². The third-order valence-electron chi connectivity index (χ3n) is 4.40. The van der Waals surface area contributed by atoms with Crippen molar-refractivity contribution in [3.05, 3.63) is 45.2 Å². The Kier molecular flexibility index (Phi) is 3.62. The molecule has 1 aliphatic heterocycles. The van der Waals surface area contributed by atoms with Gasteiger partial charge in [0.1, 0.15) is 0 Å². The largest absolute Gasteiger partial charge is 0.358 e. The Labute approximate surface area is 119 Å². The minimum absolute atomic E-state index is 0.207. The molecule has 3 nitrogen and oxygen atoms in total. The molecule has 2 heterocycles. The Morgan fingerprint density at radius 1 is 1.25 bits per heavy atom. The van der Waals surface area contributed by atoms with Crippen LogP contribution in [0.3, 0.4) is 0 Å². The van der Waals surface area contributed by atoms with E-state index in [1.807, 2.05) is 19.1 Å². The van der Waals surface area contributed by atoms with Crippen LogP contribution in [0.2, 0.25) is 0 Å². The summed E-state index contributed by atoms with van der Waals surface area (Å²) in [5, 5.41) is 0.837. The predicted octanol–water partition coefficient (Wildman–Crippen LogP) is 2.99. The fraction of sp³-hybridized carbons (Fsp3) is 0.471. The van der Waals surface area contributed by atoms with Crippen LogP contribution in [0.1, 0.15) is 36.6 Å². The van der Waals surface area contributed by atoms with Crippen molar-refractivity contribution in [1.29, 1.82) is 0 Å². The molecular formula is C17H22N2O. The van der Waals surface area contributed by atoms with Gasteiger partial charge in [-0.2, -0.15) is 0 Å². The van der Waals surface area contributed by atoms with Gasteiger partial charge in [-0.25, -0.2) is 0 Å². The number of fused-ring (bicyclic) bond motifs is 1. The standard InChI is InChI=1S/C17H22N2O/c1-3-13-7-6-8-14-16(13)18-12(2)15(17(14)20)11-19-9-4-5-10-19/h6-8H,3-5,9-11H2,1-2H3,(H,18,20). The summed E-state index contributed by atoms with van der Waals surface area (Å²) in [4.78, 5) is 18.6. The SMILES string of the molecule is CCc1cccc2c(=O)c(CN3CCCC3)c(C)[nH]c12. The summed E-state index contributed by atoms with van der Waals surface area (Å²) in [6, 6.07) is 6.03. The molecule has 2 aromatic rings. The topological polar surface area (TPSA) is 36.1 Å². The molecule has 1 aromatic carbocycles. The maximum atomic E-state index is 12.8. The molecule has 106 valence electrons. The molecule has 0 radical (unpaired) electrons. The Balaban J connectivity index is 2.11. The first-order chi connectivity index (χ1) is 9.70. The molecule has 3 rings (SSSR count). The highest BCUT2D eigenvalue weighted by Gasteiger charge is 2.17. The minimum Gasteiger partial charge on any atom is -0.358 e. The van der Waals surface area contributed by atoms with Crippen LogP contribution in [0.5, 0.6) is 0 Å². The summed E-state index contributed by atoms with van der Waals surface area (Å²) in [6.07, 6.45) is 3.45. The van der Waals surface area contributed by atoms with Crippen LogP contribution in [0.15, 0.2) is 23.0 Å². The monoisotopic (exact) mass is 270 g/mol. The summed E-state index contributed by atoms with van der Waals surface area (Å²) in [5.41, 5.74) is 4.40. The fourth-order valence-corrected chi connectivity index (χ4v) is 3.18. The van der Waals surface area contributed by atoms with Gasteiger partial charge >= 0.3 is 0 Å². The average molecular weight is 270 g/mol. The highest BCUT2D eigenvalue weighted by atomic mass is 16.1. The van der Waals surface area contributed by atoms with E-state index in [4.69, 9.17) is 0 Å². The lowest BCUT2D eigenvalue weighted by Crippen LogP contribution is -2.25. The van der Waals surface area contributed by atoms with Crippen LogP contribution in [0.25, 0.3) is 10.9 Å². The Hall–Kier alpha value is -1.61. The van der Waals surface area contributed by atoms with Gasteiger partial charge in [-0.3, -0.25) is 9.69 Å². The van der Waals surface area contributed by atoms with Crippen molar-refractivity contribution in [3.63, 3.8) is 0 Å². The molecule has 1 aliphatic rings. The molecule has 0 amide bonds. The van der Waals surface area contributed by atoms with E-state index in [1.165, 1.54) is 18.4 Å². The Morgan fingerprint density at radius 2 is 2.00 bits per heavy atom. The van der Waals surface area contributed by atoms with Gasteiger partial charge < -0.3 is 4.98 Å². The van der Waals surface area contributed by atoms with E-state index in [1.54, 1.807) is 0 Å². The van der Waals surface area contributed by atoms with Crippen LogP contribution in [-0.4, -0.2) is 23.0 Å². The number of nitrogens with one attached hydrogen (secondary N) is 1. The smallest absolute Gasteiger partial charge is 0.194 e. The Morgan fingerprint density at radius 3 is 2.70 bits per heavy atom. The van der Waals surface area contributed by atoms with Crippen molar-refractivity contribution < 1.29 is 0 Å². The molecule has 1 fully saturated rings. The van der Waals surface area contributed by atoms with E-state index in [9.17, 15) is 4.79 Å². The van der Waals surface area contributed by atoms with E-state index < -0.39 is 0 Å². The summed E-state index contributed by atoms with van der Waals surface area (Å²) >= 11 is 0. The molecule has 0 saturated carbocycles. The molecule has 0 aliphatic carbocycles. The third kappa shape index (κ3) is 2.27. The second-order valence-electron chi connectivity index (χ2n) is 5.73. The first-order valence-electron chi connectivity index (χ1n) is 7.56. The number of benzene rings is 1. The molecule has 1 N–H and O–H groups in total. The van der Waals surface area contributed by atoms with E-state index >= 15 is 0 Å². The van der Waals surface area contributed by atoms with E-state index in [0.29, 0.717) is 0 Å². The highest BCUT2D eigenvalue weighted by Crippen LogP contribution is 2.18. The second-order valence-corrected chi connectivity index (χ2v) is 5.73. The van der Waals surface area contributed by atoms with Gasteiger partial charge in [0.25, 0.3) is 0 Å². The van der Waals surface area contributed by atoms with E-state index in [0.717, 1.165) is 48.2 Å². The number of aryl methyl sites for hydroxylation is 2.